The van der Waals surface area contributed by atoms with Gasteiger partial charge in [0, 0.05) is 12.0 Å². The summed E-state index contributed by atoms with van der Waals surface area (Å²) in [7, 11) is 0. The zero-order valence-electron chi connectivity index (χ0n) is 12.5. The first-order chi connectivity index (χ1) is 9.83. The van der Waals surface area contributed by atoms with E-state index >= 15 is 0 Å². The Kier molecular flexibility index (Phi) is 4.72. The van der Waals surface area contributed by atoms with E-state index in [0.717, 1.165) is 36.8 Å². The Labute approximate surface area is 130 Å². The fourth-order valence-electron chi connectivity index (χ4n) is 3.29. The molecule has 0 amide bonds. The summed E-state index contributed by atoms with van der Waals surface area (Å²) in [5.41, 5.74) is 2.22. The first-order valence-corrected chi connectivity index (χ1v) is 7.72. The molecule has 1 aliphatic rings. The van der Waals surface area contributed by atoms with Crippen LogP contribution in [0.15, 0.2) is 12.1 Å². The van der Waals surface area contributed by atoms with Gasteiger partial charge in [0.25, 0.3) is 0 Å². The van der Waals surface area contributed by atoms with Gasteiger partial charge in [-0.05, 0) is 55.4 Å². The molecule has 1 aliphatic carbocycles. The maximum Gasteiger partial charge on any atom is 0.303 e. The number of aryl methyl sites for hydroxylation is 2. The smallest absolute Gasteiger partial charge is 0.303 e. The van der Waals surface area contributed by atoms with Crippen molar-refractivity contribution in [2.75, 3.05) is 0 Å². The second-order valence-electron chi connectivity index (χ2n) is 6.29. The molecule has 0 spiro atoms. The van der Waals surface area contributed by atoms with Gasteiger partial charge >= 0.3 is 5.97 Å². The van der Waals surface area contributed by atoms with Crippen LogP contribution in [0.1, 0.15) is 60.0 Å². The molecule has 114 valence electrons. The monoisotopic (exact) mass is 308 g/mol. The average Bonchev–Trinajstić information content (AvgIpc) is 2.80. The van der Waals surface area contributed by atoms with E-state index in [9.17, 15) is 9.59 Å². The lowest BCUT2D eigenvalue weighted by molar-refractivity contribution is -0.139. The molecule has 1 aromatic rings. The van der Waals surface area contributed by atoms with E-state index in [1.54, 1.807) is 0 Å². The minimum absolute atomic E-state index is 0.0359. The number of carbonyl (C=O) groups excluding carboxylic acids is 1. The molecular weight excluding hydrogens is 288 g/mol. The van der Waals surface area contributed by atoms with Gasteiger partial charge in [-0.1, -0.05) is 24.4 Å². The van der Waals surface area contributed by atoms with Gasteiger partial charge in [0.1, 0.15) is 0 Å². The zero-order valence-corrected chi connectivity index (χ0v) is 13.3. The molecule has 1 fully saturated rings. The number of carboxylic acids is 1. The third-order valence-electron chi connectivity index (χ3n) is 4.61. The highest BCUT2D eigenvalue weighted by Gasteiger charge is 2.38. The van der Waals surface area contributed by atoms with Crippen LogP contribution < -0.4 is 0 Å². The fourth-order valence-corrected chi connectivity index (χ4v) is 3.62. The van der Waals surface area contributed by atoms with Crippen LogP contribution in [0.25, 0.3) is 0 Å². The quantitative estimate of drug-likeness (QED) is 0.811. The molecule has 0 atom stereocenters. The van der Waals surface area contributed by atoms with Gasteiger partial charge in [-0.2, -0.15) is 0 Å². The van der Waals surface area contributed by atoms with E-state index in [1.807, 2.05) is 26.0 Å². The number of hydrogen-bond acceptors (Lipinski definition) is 2. The molecule has 0 radical (unpaired) electrons. The van der Waals surface area contributed by atoms with E-state index < -0.39 is 5.97 Å². The number of halogens is 1. The Morgan fingerprint density at radius 2 is 1.71 bits per heavy atom. The summed E-state index contributed by atoms with van der Waals surface area (Å²) < 4.78 is 0. The lowest BCUT2D eigenvalue weighted by Crippen LogP contribution is -2.25. The van der Waals surface area contributed by atoms with Crippen molar-refractivity contribution >= 4 is 23.4 Å². The number of rotatable bonds is 5. The summed E-state index contributed by atoms with van der Waals surface area (Å²) in [6.45, 7) is 3.91. The van der Waals surface area contributed by atoms with E-state index in [0.29, 0.717) is 10.6 Å². The second kappa shape index (κ2) is 6.18. The molecule has 0 aliphatic heterocycles. The Hall–Kier alpha value is -1.35. The largest absolute Gasteiger partial charge is 0.481 e. The molecule has 0 unspecified atom stereocenters. The van der Waals surface area contributed by atoms with Crippen LogP contribution in [0.3, 0.4) is 0 Å². The molecule has 0 bridgehead atoms. The highest BCUT2D eigenvalue weighted by atomic mass is 35.5. The number of Topliss-reactive ketones (excluding diaryl/α,β-unsaturated/α-hetero) is 1. The maximum absolute atomic E-state index is 12.6. The van der Waals surface area contributed by atoms with Gasteiger partial charge in [-0.3, -0.25) is 9.59 Å². The predicted molar refractivity (Wildman–Crippen MR) is 83.0 cm³/mol. The number of hydrogen-bond donors (Lipinski definition) is 1. The zero-order chi connectivity index (χ0) is 15.6. The van der Waals surface area contributed by atoms with Crippen molar-refractivity contribution in [1.29, 1.82) is 0 Å². The lowest BCUT2D eigenvalue weighted by atomic mass is 9.77. The van der Waals surface area contributed by atoms with Crippen molar-refractivity contribution in [1.82, 2.24) is 0 Å². The Morgan fingerprint density at radius 1 is 1.14 bits per heavy atom. The summed E-state index contributed by atoms with van der Waals surface area (Å²) in [5, 5.41) is 9.58. The molecule has 4 heteroatoms. The van der Waals surface area contributed by atoms with E-state index in [2.05, 4.69) is 0 Å². The van der Waals surface area contributed by atoms with Gasteiger partial charge < -0.3 is 5.11 Å². The number of aliphatic carboxylic acids is 1. The Balaban J connectivity index is 2.24. The first kappa shape index (κ1) is 16.0. The van der Waals surface area contributed by atoms with Crippen molar-refractivity contribution in [3.05, 3.63) is 33.8 Å². The van der Waals surface area contributed by atoms with Crippen LogP contribution in [0.2, 0.25) is 5.02 Å². The predicted octanol–water partition coefficient (Wildman–Crippen LogP) is 4.56. The normalized spacial score (nSPS) is 16.9. The molecule has 3 nitrogen and oxygen atoms in total. The number of benzene rings is 1. The van der Waals surface area contributed by atoms with Crippen molar-refractivity contribution in [2.45, 2.75) is 52.4 Å². The van der Waals surface area contributed by atoms with Crippen molar-refractivity contribution in [3.8, 4) is 0 Å². The third kappa shape index (κ3) is 3.65. The third-order valence-corrected chi connectivity index (χ3v) is 4.92. The average molecular weight is 309 g/mol. The SMILES string of the molecule is Cc1cc(Cl)c(C(=O)CC2(CC(=O)O)CCCC2)cc1C. The van der Waals surface area contributed by atoms with Crippen LogP contribution in [-0.2, 0) is 4.79 Å². The van der Waals surface area contributed by atoms with Crippen LogP contribution >= 0.6 is 11.6 Å². The van der Waals surface area contributed by atoms with Crippen molar-refractivity contribution in [3.63, 3.8) is 0 Å². The summed E-state index contributed by atoms with van der Waals surface area (Å²) in [5.74, 6) is -0.859. The van der Waals surface area contributed by atoms with Crippen LogP contribution in [0, 0.1) is 19.3 Å². The van der Waals surface area contributed by atoms with Crippen molar-refractivity contribution < 1.29 is 14.7 Å². The minimum atomic E-state index is -0.823. The molecule has 2 rings (SSSR count). The molecule has 0 saturated heterocycles. The molecule has 1 aromatic carbocycles. The second-order valence-corrected chi connectivity index (χ2v) is 6.70. The molecule has 1 N–H and O–H groups in total. The molecule has 21 heavy (non-hydrogen) atoms. The highest BCUT2D eigenvalue weighted by molar-refractivity contribution is 6.34. The summed E-state index contributed by atoms with van der Waals surface area (Å²) in [4.78, 5) is 23.7. The van der Waals surface area contributed by atoms with Gasteiger partial charge in [0.15, 0.2) is 5.78 Å². The number of carbonyl (C=O) groups is 2. The van der Waals surface area contributed by atoms with Crippen molar-refractivity contribution in [2.24, 2.45) is 5.41 Å². The van der Waals surface area contributed by atoms with Gasteiger partial charge in [0.2, 0.25) is 0 Å². The molecule has 1 saturated carbocycles. The first-order valence-electron chi connectivity index (χ1n) is 7.35. The topological polar surface area (TPSA) is 54.4 Å². The van der Waals surface area contributed by atoms with E-state index in [1.165, 1.54) is 0 Å². The molecular formula is C17H21ClO3. The highest BCUT2D eigenvalue weighted by Crippen LogP contribution is 2.45. The van der Waals surface area contributed by atoms with E-state index in [-0.39, 0.29) is 24.0 Å². The van der Waals surface area contributed by atoms with E-state index in [4.69, 9.17) is 16.7 Å². The minimum Gasteiger partial charge on any atom is -0.481 e. The lowest BCUT2D eigenvalue weighted by Gasteiger charge is -2.26. The van der Waals surface area contributed by atoms with Gasteiger partial charge in [-0.15, -0.1) is 0 Å². The van der Waals surface area contributed by atoms with Gasteiger partial charge in [0.05, 0.1) is 11.4 Å². The fraction of sp³-hybridized carbons (Fsp3) is 0.529. The molecule has 0 heterocycles. The van der Waals surface area contributed by atoms with Crippen LogP contribution in [0.4, 0.5) is 0 Å². The summed E-state index contributed by atoms with van der Waals surface area (Å²) in [6, 6.07) is 3.63. The molecule has 0 aromatic heterocycles. The van der Waals surface area contributed by atoms with Crippen LogP contribution in [-0.4, -0.2) is 16.9 Å². The summed E-state index contributed by atoms with van der Waals surface area (Å²) >= 11 is 6.20. The standard InChI is InChI=1S/C17H21ClO3/c1-11-7-13(14(18)8-12(11)2)15(19)9-17(10-16(20)21)5-3-4-6-17/h7-8H,3-6,9-10H2,1-2H3,(H,20,21). The van der Waals surface area contributed by atoms with Crippen LogP contribution in [0.5, 0.6) is 0 Å². The number of carboxylic acid groups (broad SMARTS) is 1. The maximum atomic E-state index is 12.6. The van der Waals surface area contributed by atoms with Gasteiger partial charge in [-0.25, -0.2) is 0 Å². The summed E-state index contributed by atoms with van der Waals surface area (Å²) in [6.07, 6.45) is 3.98. The Bertz CT molecular complexity index is 572. The Morgan fingerprint density at radius 3 is 2.29 bits per heavy atom. The number of ketones is 1.